The van der Waals surface area contributed by atoms with Gasteiger partial charge in [0.2, 0.25) is 5.91 Å². The van der Waals surface area contributed by atoms with E-state index >= 15 is 0 Å². The van der Waals surface area contributed by atoms with Gasteiger partial charge in [0.1, 0.15) is 6.26 Å². The minimum atomic E-state index is 0.0700. The van der Waals surface area contributed by atoms with Crippen LogP contribution >= 0.6 is 11.6 Å². The maximum Gasteiger partial charge on any atom is 0.241 e. The fourth-order valence-electron chi connectivity index (χ4n) is 2.69. The van der Waals surface area contributed by atoms with Crippen molar-refractivity contribution in [2.24, 2.45) is 0 Å². The smallest absolute Gasteiger partial charge is 0.241 e. The fourth-order valence-corrected chi connectivity index (χ4v) is 2.88. The third-order valence-corrected chi connectivity index (χ3v) is 4.10. The quantitative estimate of drug-likeness (QED) is 0.873. The Morgan fingerprint density at radius 1 is 1.45 bits per heavy atom. The van der Waals surface area contributed by atoms with Gasteiger partial charge in [0, 0.05) is 36.8 Å². The van der Waals surface area contributed by atoms with Crippen LogP contribution in [0.2, 0.25) is 5.02 Å². The summed E-state index contributed by atoms with van der Waals surface area (Å²) in [4.78, 5) is 20.7. The topological polar surface area (TPSA) is 49.6 Å². The molecule has 1 aliphatic rings. The normalized spacial score (nSPS) is 19.7. The summed E-state index contributed by atoms with van der Waals surface area (Å²) in [6.45, 7) is 5.54. The minimum Gasteiger partial charge on any atom is -0.449 e. The van der Waals surface area contributed by atoms with Gasteiger partial charge in [-0.3, -0.25) is 9.69 Å². The van der Waals surface area contributed by atoms with Gasteiger partial charge in [0.15, 0.2) is 5.89 Å². The molecular formula is C16H18ClN3O2. The molecular weight excluding hydrogens is 302 g/mol. The van der Waals surface area contributed by atoms with E-state index in [4.69, 9.17) is 16.0 Å². The summed E-state index contributed by atoms with van der Waals surface area (Å²) in [7, 11) is 0. The van der Waals surface area contributed by atoms with Crippen LogP contribution < -0.4 is 4.90 Å². The Labute approximate surface area is 134 Å². The van der Waals surface area contributed by atoms with Gasteiger partial charge in [-0.1, -0.05) is 17.7 Å². The highest BCUT2D eigenvalue weighted by Crippen LogP contribution is 2.24. The fraction of sp³-hybridized carbons (Fsp3) is 0.375. The van der Waals surface area contributed by atoms with Crippen LogP contribution in [0.15, 0.2) is 34.9 Å². The molecule has 0 N–H and O–H groups in total. The third kappa shape index (κ3) is 3.15. The van der Waals surface area contributed by atoms with Crippen molar-refractivity contribution in [1.29, 1.82) is 0 Å². The van der Waals surface area contributed by atoms with Gasteiger partial charge in [0.05, 0.1) is 12.2 Å². The summed E-state index contributed by atoms with van der Waals surface area (Å²) in [5.41, 5.74) is 1.70. The number of rotatable bonds is 3. The number of oxazole rings is 1. The molecule has 22 heavy (non-hydrogen) atoms. The number of benzene rings is 1. The van der Waals surface area contributed by atoms with E-state index in [1.807, 2.05) is 31.2 Å². The van der Waals surface area contributed by atoms with Gasteiger partial charge in [0.25, 0.3) is 0 Å². The number of hydrogen-bond donors (Lipinski definition) is 0. The molecule has 3 rings (SSSR count). The van der Waals surface area contributed by atoms with Crippen molar-refractivity contribution >= 4 is 23.2 Å². The predicted octanol–water partition coefficient (Wildman–Crippen LogP) is 2.87. The number of carbonyl (C=O) groups excluding carboxylic acids is 1. The first kappa shape index (κ1) is 15.1. The Balaban J connectivity index is 1.72. The maximum absolute atomic E-state index is 12.5. The van der Waals surface area contributed by atoms with Crippen molar-refractivity contribution in [3.63, 3.8) is 0 Å². The van der Waals surface area contributed by atoms with Gasteiger partial charge in [-0.25, -0.2) is 4.98 Å². The molecule has 1 atom stereocenters. The molecule has 6 heteroatoms. The second-order valence-corrected chi connectivity index (χ2v) is 6.03. The first-order valence-corrected chi connectivity index (χ1v) is 7.61. The summed E-state index contributed by atoms with van der Waals surface area (Å²) >= 11 is 6.02. The zero-order valence-corrected chi connectivity index (χ0v) is 13.4. The Morgan fingerprint density at radius 3 is 2.95 bits per heavy atom. The van der Waals surface area contributed by atoms with Crippen molar-refractivity contribution < 1.29 is 9.21 Å². The lowest BCUT2D eigenvalue weighted by atomic mass is 10.1. The highest BCUT2D eigenvalue weighted by Gasteiger charge is 2.30. The molecule has 1 saturated heterocycles. The van der Waals surface area contributed by atoms with Crippen molar-refractivity contribution in [2.45, 2.75) is 26.4 Å². The molecule has 116 valence electrons. The van der Waals surface area contributed by atoms with E-state index in [1.165, 1.54) is 0 Å². The Bertz CT molecular complexity index is 686. The molecule has 1 fully saturated rings. The summed E-state index contributed by atoms with van der Waals surface area (Å²) in [5.74, 6) is 0.715. The highest BCUT2D eigenvalue weighted by atomic mass is 35.5. The number of piperazine rings is 1. The molecule has 0 bridgehead atoms. The summed E-state index contributed by atoms with van der Waals surface area (Å²) in [6.07, 6.45) is 1.65. The number of carbonyl (C=O) groups is 1. The molecule has 5 nitrogen and oxygen atoms in total. The zero-order chi connectivity index (χ0) is 15.7. The number of halogens is 1. The SMILES string of the molecule is Cc1nc(CN2CC(=O)N(c3cccc(Cl)c3)CC2C)co1. The van der Waals surface area contributed by atoms with Crippen molar-refractivity contribution in [1.82, 2.24) is 9.88 Å². The Hall–Kier alpha value is -1.85. The van der Waals surface area contributed by atoms with Gasteiger partial charge >= 0.3 is 0 Å². The standard InChI is InChI=1S/C16H18ClN3O2/c1-11-7-20(15-5-3-4-13(17)6-15)16(21)9-19(11)8-14-10-22-12(2)18-14/h3-6,10-11H,7-9H2,1-2H3. The van der Waals surface area contributed by atoms with Crippen molar-refractivity contribution in [2.75, 3.05) is 18.0 Å². The van der Waals surface area contributed by atoms with Gasteiger partial charge in [-0.05, 0) is 25.1 Å². The average Bonchev–Trinajstić information content (AvgIpc) is 2.88. The number of anilines is 1. The number of amides is 1. The molecule has 1 aliphatic heterocycles. The Morgan fingerprint density at radius 2 is 2.27 bits per heavy atom. The molecule has 0 radical (unpaired) electrons. The third-order valence-electron chi connectivity index (χ3n) is 3.86. The molecule has 2 heterocycles. The highest BCUT2D eigenvalue weighted by molar-refractivity contribution is 6.30. The van der Waals surface area contributed by atoms with Crippen LogP contribution in [0, 0.1) is 6.92 Å². The lowest BCUT2D eigenvalue weighted by Crippen LogP contribution is -2.54. The molecule has 1 aromatic heterocycles. The molecule has 0 spiro atoms. The van der Waals surface area contributed by atoms with E-state index in [-0.39, 0.29) is 11.9 Å². The first-order valence-electron chi connectivity index (χ1n) is 7.24. The molecule has 2 aromatic rings. The average molecular weight is 320 g/mol. The molecule has 1 unspecified atom stereocenters. The van der Waals surface area contributed by atoms with E-state index in [0.29, 0.717) is 30.5 Å². The minimum absolute atomic E-state index is 0.0700. The summed E-state index contributed by atoms with van der Waals surface area (Å²) < 4.78 is 5.22. The number of aryl methyl sites for hydroxylation is 1. The van der Waals surface area contributed by atoms with Crippen LogP contribution in [0.25, 0.3) is 0 Å². The van der Waals surface area contributed by atoms with Crippen LogP contribution in [0.1, 0.15) is 18.5 Å². The van der Waals surface area contributed by atoms with E-state index in [2.05, 4.69) is 16.8 Å². The number of aromatic nitrogens is 1. The maximum atomic E-state index is 12.5. The van der Waals surface area contributed by atoms with Gasteiger partial charge in [-0.2, -0.15) is 0 Å². The summed E-state index contributed by atoms with van der Waals surface area (Å²) in [6, 6.07) is 7.63. The number of hydrogen-bond acceptors (Lipinski definition) is 4. The molecule has 1 aromatic carbocycles. The van der Waals surface area contributed by atoms with Crippen molar-refractivity contribution in [3.05, 3.63) is 47.1 Å². The van der Waals surface area contributed by atoms with Gasteiger partial charge in [-0.15, -0.1) is 0 Å². The van der Waals surface area contributed by atoms with Crippen LogP contribution in [0.5, 0.6) is 0 Å². The van der Waals surface area contributed by atoms with Crippen LogP contribution in [0.3, 0.4) is 0 Å². The lowest BCUT2D eigenvalue weighted by Gasteiger charge is -2.39. The van der Waals surface area contributed by atoms with E-state index in [1.54, 1.807) is 11.2 Å². The zero-order valence-electron chi connectivity index (χ0n) is 12.6. The van der Waals surface area contributed by atoms with E-state index in [0.717, 1.165) is 11.4 Å². The predicted molar refractivity (Wildman–Crippen MR) is 84.9 cm³/mol. The largest absolute Gasteiger partial charge is 0.449 e. The van der Waals surface area contributed by atoms with Crippen LogP contribution in [-0.2, 0) is 11.3 Å². The molecule has 0 saturated carbocycles. The van der Waals surface area contributed by atoms with Gasteiger partial charge < -0.3 is 9.32 Å². The molecule has 1 amide bonds. The lowest BCUT2D eigenvalue weighted by molar-refractivity contribution is -0.122. The molecule has 0 aliphatic carbocycles. The van der Waals surface area contributed by atoms with Crippen molar-refractivity contribution in [3.8, 4) is 0 Å². The van der Waals surface area contributed by atoms with Crippen LogP contribution in [-0.4, -0.2) is 34.9 Å². The number of nitrogens with zero attached hydrogens (tertiary/aromatic N) is 3. The summed E-state index contributed by atoms with van der Waals surface area (Å²) in [5, 5.41) is 0.637. The Kier molecular flexibility index (Phi) is 4.18. The van der Waals surface area contributed by atoms with E-state index in [9.17, 15) is 4.79 Å². The second kappa shape index (κ2) is 6.10. The second-order valence-electron chi connectivity index (χ2n) is 5.60. The van der Waals surface area contributed by atoms with Crippen LogP contribution in [0.4, 0.5) is 5.69 Å². The first-order chi connectivity index (χ1) is 10.5. The van der Waals surface area contributed by atoms with E-state index < -0.39 is 0 Å². The monoisotopic (exact) mass is 319 g/mol.